The van der Waals surface area contributed by atoms with Crippen LogP contribution in [0.3, 0.4) is 0 Å². The number of carbonyl (C=O) groups is 1. The predicted octanol–water partition coefficient (Wildman–Crippen LogP) is 1.59. The summed E-state index contributed by atoms with van der Waals surface area (Å²) in [6.07, 6.45) is 3.23. The Morgan fingerprint density at radius 2 is 2.07 bits per heavy atom. The minimum Gasteiger partial charge on any atom is -0.328 e. The first kappa shape index (κ1) is 11.5. The third-order valence-electron chi connectivity index (χ3n) is 3.18. The molecule has 0 aromatic rings. The molecule has 0 aliphatic carbocycles. The summed E-state index contributed by atoms with van der Waals surface area (Å²) in [7, 11) is 0. The molecule has 1 heterocycles. The van der Waals surface area contributed by atoms with Crippen LogP contribution in [0.1, 0.15) is 40.0 Å². The first-order valence-corrected chi connectivity index (χ1v) is 5.75. The first-order chi connectivity index (χ1) is 6.72. The highest BCUT2D eigenvalue weighted by Crippen LogP contribution is 2.14. The molecule has 3 nitrogen and oxygen atoms in total. The zero-order valence-corrected chi connectivity index (χ0v) is 9.55. The van der Waals surface area contributed by atoms with Gasteiger partial charge in [0.15, 0.2) is 0 Å². The maximum absolute atomic E-state index is 11.8. The number of nitrogens with one attached hydrogen (secondary N) is 1. The predicted molar refractivity (Wildman–Crippen MR) is 57.9 cm³/mol. The summed E-state index contributed by atoms with van der Waals surface area (Å²) < 4.78 is 0. The van der Waals surface area contributed by atoms with E-state index < -0.39 is 0 Å². The standard InChI is InChI=1S/C11H22N2O/c1-4-9(5-2)7-13-8-12-10(6-3)11(13)14/h9-10,12H,4-8H2,1-3H3. The van der Waals surface area contributed by atoms with E-state index in [4.69, 9.17) is 0 Å². The summed E-state index contributed by atoms with van der Waals surface area (Å²) in [5.74, 6) is 0.954. The number of carbonyl (C=O) groups excluding carboxylic acids is 1. The van der Waals surface area contributed by atoms with Crippen LogP contribution in [0.4, 0.5) is 0 Å². The van der Waals surface area contributed by atoms with E-state index in [1.54, 1.807) is 0 Å². The van der Waals surface area contributed by atoms with E-state index in [2.05, 4.69) is 26.1 Å². The summed E-state index contributed by atoms with van der Waals surface area (Å²) in [4.78, 5) is 13.7. The van der Waals surface area contributed by atoms with Crippen molar-refractivity contribution in [1.82, 2.24) is 10.2 Å². The zero-order valence-electron chi connectivity index (χ0n) is 9.55. The quantitative estimate of drug-likeness (QED) is 0.727. The maximum atomic E-state index is 11.8. The van der Waals surface area contributed by atoms with Crippen molar-refractivity contribution in [2.75, 3.05) is 13.2 Å². The van der Waals surface area contributed by atoms with Crippen molar-refractivity contribution in [2.45, 2.75) is 46.1 Å². The highest BCUT2D eigenvalue weighted by molar-refractivity contribution is 5.83. The third-order valence-corrected chi connectivity index (χ3v) is 3.18. The smallest absolute Gasteiger partial charge is 0.240 e. The number of rotatable bonds is 5. The first-order valence-electron chi connectivity index (χ1n) is 5.75. The monoisotopic (exact) mass is 198 g/mol. The van der Waals surface area contributed by atoms with Crippen molar-refractivity contribution >= 4 is 5.91 Å². The lowest BCUT2D eigenvalue weighted by atomic mass is 10.0. The second kappa shape index (κ2) is 5.35. The van der Waals surface area contributed by atoms with Gasteiger partial charge in [-0.2, -0.15) is 0 Å². The van der Waals surface area contributed by atoms with Crippen LogP contribution in [0, 0.1) is 5.92 Å². The Morgan fingerprint density at radius 3 is 2.50 bits per heavy atom. The highest BCUT2D eigenvalue weighted by atomic mass is 16.2. The number of nitrogens with zero attached hydrogens (tertiary/aromatic N) is 1. The van der Waals surface area contributed by atoms with E-state index in [0.717, 1.165) is 32.5 Å². The molecule has 0 saturated carbocycles. The van der Waals surface area contributed by atoms with Crippen molar-refractivity contribution in [2.24, 2.45) is 5.92 Å². The van der Waals surface area contributed by atoms with Crippen LogP contribution >= 0.6 is 0 Å². The van der Waals surface area contributed by atoms with Crippen LogP contribution in [0.2, 0.25) is 0 Å². The topological polar surface area (TPSA) is 32.3 Å². The van der Waals surface area contributed by atoms with Crippen molar-refractivity contribution in [3.05, 3.63) is 0 Å². The Morgan fingerprint density at radius 1 is 1.43 bits per heavy atom. The van der Waals surface area contributed by atoms with Gasteiger partial charge >= 0.3 is 0 Å². The number of amides is 1. The van der Waals surface area contributed by atoms with Crippen LogP contribution in [-0.4, -0.2) is 30.1 Å². The van der Waals surface area contributed by atoms with E-state index in [-0.39, 0.29) is 6.04 Å². The third kappa shape index (κ3) is 2.47. The molecule has 1 rings (SSSR count). The summed E-state index contributed by atoms with van der Waals surface area (Å²) in [6.45, 7) is 8.11. The van der Waals surface area contributed by atoms with Crippen molar-refractivity contribution in [3.8, 4) is 0 Å². The SMILES string of the molecule is CCC(CC)CN1CNC(CC)C1=O. The Hall–Kier alpha value is -0.570. The molecule has 1 N–H and O–H groups in total. The van der Waals surface area contributed by atoms with E-state index in [0.29, 0.717) is 11.8 Å². The lowest BCUT2D eigenvalue weighted by Gasteiger charge is -2.21. The maximum Gasteiger partial charge on any atom is 0.240 e. The van der Waals surface area contributed by atoms with E-state index in [9.17, 15) is 4.79 Å². The fourth-order valence-electron chi connectivity index (χ4n) is 1.94. The van der Waals surface area contributed by atoms with Crippen LogP contribution in [-0.2, 0) is 4.79 Å². The lowest BCUT2D eigenvalue weighted by molar-refractivity contribution is -0.129. The largest absolute Gasteiger partial charge is 0.328 e. The van der Waals surface area contributed by atoms with Crippen molar-refractivity contribution in [3.63, 3.8) is 0 Å². The molecule has 1 aliphatic heterocycles. The van der Waals surface area contributed by atoms with Gasteiger partial charge in [0.25, 0.3) is 0 Å². The Balaban J connectivity index is 2.43. The molecule has 14 heavy (non-hydrogen) atoms. The van der Waals surface area contributed by atoms with E-state index in [1.165, 1.54) is 0 Å². The van der Waals surface area contributed by atoms with Gasteiger partial charge in [-0.1, -0.05) is 33.6 Å². The lowest BCUT2D eigenvalue weighted by Crippen LogP contribution is -2.33. The van der Waals surface area contributed by atoms with Gasteiger partial charge in [-0.05, 0) is 12.3 Å². The normalized spacial score (nSPS) is 22.4. The molecule has 0 bridgehead atoms. The van der Waals surface area contributed by atoms with Crippen LogP contribution in [0.15, 0.2) is 0 Å². The summed E-state index contributed by atoms with van der Waals surface area (Å²) in [5, 5.41) is 3.24. The highest BCUT2D eigenvalue weighted by Gasteiger charge is 2.30. The second-order valence-electron chi connectivity index (χ2n) is 4.07. The Kier molecular flexibility index (Phi) is 4.39. The summed E-state index contributed by atoms with van der Waals surface area (Å²) >= 11 is 0. The van der Waals surface area contributed by atoms with Crippen LogP contribution in [0.5, 0.6) is 0 Å². The molecule has 1 aliphatic rings. The molecular weight excluding hydrogens is 176 g/mol. The minimum absolute atomic E-state index is 0.0735. The molecule has 0 aromatic heterocycles. The summed E-state index contributed by atoms with van der Waals surface area (Å²) in [6, 6.07) is 0.0735. The van der Waals surface area contributed by atoms with E-state index in [1.807, 2.05) is 4.90 Å². The molecule has 1 atom stereocenters. The van der Waals surface area contributed by atoms with Crippen LogP contribution in [0.25, 0.3) is 0 Å². The van der Waals surface area contributed by atoms with Gasteiger partial charge in [-0.25, -0.2) is 0 Å². The molecule has 82 valence electrons. The molecule has 1 unspecified atom stereocenters. The average molecular weight is 198 g/mol. The summed E-state index contributed by atoms with van der Waals surface area (Å²) in [5.41, 5.74) is 0. The van der Waals surface area contributed by atoms with E-state index >= 15 is 0 Å². The van der Waals surface area contributed by atoms with Gasteiger partial charge in [0, 0.05) is 6.54 Å². The number of hydrogen-bond acceptors (Lipinski definition) is 2. The van der Waals surface area contributed by atoms with Crippen molar-refractivity contribution < 1.29 is 4.79 Å². The van der Waals surface area contributed by atoms with Gasteiger partial charge < -0.3 is 4.90 Å². The van der Waals surface area contributed by atoms with Crippen molar-refractivity contribution in [1.29, 1.82) is 0 Å². The van der Waals surface area contributed by atoms with Gasteiger partial charge in [0.1, 0.15) is 0 Å². The molecule has 3 heteroatoms. The molecule has 0 radical (unpaired) electrons. The van der Waals surface area contributed by atoms with Gasteiger partial charge in [-0.3, -0.25) is 10.1 Å². The van der Waals surface area contributed by atoms with Gasteiger partial charge in [0.05, 0.1) is 12.7 Å². The zero-order chi connectivity index (χ0) is 10.6. The number of hydrogen-bond donors (Lipinski definition) is 1. The second-order valence-corrected chi connectivity index (χ2v) is 4.07. The fourth-order valence-corrected chi connectivity index (χ4v) is 1.94. The average Bonchev–Trinajstić information content (AvgIpc) is 2.56. The van der Waals surface area contributed by atoms with Crippen LogP contribution < -0.4 is 5.32 Å². The molecule has 0 aromatic carbocycles. The minimum atomic E-state index is 0.0735. The van der Waals surface area contributed by atoms with Gasteiger partial charge in [-0.15, -0.1) is 0 Å². The Labute approximate surface area is 86.9 Å². The Bertz CT molecular complexity index is 190. The molecular formula is C11H22N2O. The van der Waals surface area contributed by atoms with Gasteiger partial charge in [0.2, 0.25) is 5.91 Å². The molecule has 1 saturated heterocycles. The molecule has 0 spiro atoms. The molecule has 1 fully saturated rings. The molecule has 1 amide bonds. The fraction of sp³-hybridized carbons (Fsp3) is 0.909.